The molecule has 0 spiro atoms. The molecule has 2 aromatic rings. The molecule has 2 heterocycles. The minimum absolute atomic E-state index is 0.0263. The molecule has 21 heavy (non-hydrogen) atoms. The van der Waals surface area contributed by atoms with Crippen molar-refractivity contribution in [2.24, 2.45) is 0 Å². The summed E-state index contributed by atoms with van der Waals surface area (Å²) in [5.41, 5.74) is 2.49. The largest absolute Gasteiger partial charge is 0.349 e. The summed E-state index contributed by atoms with van der Waals surface area (Å²) in [6.45, 7) is 3.86. The van der Waals surface area contributed by atoms with Gasteiger partial charge in [0.25, 0.3) is 5.91 Å². The molecule has 1 aliphatic heterocycles. The van der Waals surface area contributed by atoms with Crippen molar-refractivity contribution in [2.45, 2.75) is 25.8 Å². The molecule has 0 radical (unpaired) electrons. The fourth-order valence-corrected chi connectivity index (χ4v) is 2.69. The fourth-order valence-electron chi connectivity index (χ4n) is 2.69. The van der Waals surface area contributed by atoms with E-state index in [1.807, 2.05) is 37.3 Å². The maximum absolute atomic E-state index is 12.4. The van der Waals surface area contributed by atoms with Gasteiger partial charge < -0.3 is 10.6 Å². The molecule has 5 heteroatoms. The molecule has 1 aromatic heterocycles. The average molecular weight is 284 g/mol. The standard InChI is InChI=1S/C16H20N4O/c1-12-15(16(21)19-13-7-9-17-10-8-13)11-18-20(12)14-5-3-2-4-6-14/h2-6,11,13,17H,7-10H2,1H3,(H,19,21). The molecule has 0 bridgehead atoms. The minimum Gasteiger partial charge on any atom is -0.349 e. The van der Waals surface area contributed by atoms with E-state index in [2.05, 4.69) is 15.7 Å². The zero-order chi connectivity index (χ0) is 14.7. The van der Waals surface area contributed by atoms with Gasteiger partial charge in [0, 0.05) is 6.04 Å². The molecular weight excluding hydrogens is 264 g/mol. The summed E-state index contributed by atoms with van der Waals surface area (Å²) in [5.74, 6) is -0.0263. The smallest absolute Gasteiger partial charge is 0.254 e. The Hall–Kier alpha value is -2.14. The molecule has 1 fully saturated rings. The van der Waals surface area contributed by atoms with E-state index in [4.69, 9.17) is 0 Å². The van der Waals surface area contributed by atoms with Crippen LogP contribution in [0.1, 0.15) is 28.9 Å². The first-order valence-electron chi connectivity index (χ1n) is 7.37. The predicted molar refractivity (Wildman–Crippen MR) is 81.7 cm³/mol. The van der Waals surface area contributed by atoms with Crippen molar-refractivity contribution in [3.8, 4) is 5.69 Å². The van der Waals surface area contributed by atoms with E-state index in [1.54, 1.807) is 10.9 Å². The molecule has 1 aromatic carbocycles. The highest BCUT2D eigenvalue weighted by Gasteiger charge is 2.19. The lowest BCUT2D eigenvalue weighted by atomic mass is 10.1. The highest BCUT2D eigenvalue weighted by molar-refractivity contribution is 5.95. The molecule has 2 N–H and O–H groups in total. The van der Waals surface area contributed by atoms with Gasteiger partial charge in [0.2, 0.25) is 0 Å². The van der Waals surface area contributed by atoms with E-state index in [0.717, 1.165) is 37.3 Å². The maximum Gasteiger partial charge on any atom is 0.254 e. The zero-order valence-electron chi connectivity index (χ0n) is 12.2. The number of hydrogen-bond donors (Lipinski definition) is 2. The van der Waals surface area contributed by atoms with E-state index >= 15 is 0 Å². The summed E-state index contributed by atoms with van der Waals surface area (Å²) in [4.78, 5) is 12.4. The van der Waals surface area contributed by atoms with Crippen LogP contribution in [0.4, 0.5) is 0 Å². The summed E-state index contributed by atoms with van der Waals surface area (Å²) in [7, 11) is 0. The second-order valence-corrected chi connectivity index (χ2v) is 5.39. The lowest BCUT2D eigenvalue weighted by Gasteiger charge is -2.23. The molecule has 0 atom stereocenters. The summed E-state index contributed by atoms with van der Waals surface area (Å²) in [6.07, 6.45) is 3.62. The lowest BCUT2D eigenvalue weighted by molar-refractivity contribution is 0.0929. The molecule has 0 unspecified atom stereocenters. The molecular formula is C16H20N4O. The van der Waals surface area contributed by atoms with Crippen LogP contribution >= 0.6 is 0 Å². The summed E-state index contributed by atoms with van der Waals surface area (Å²) in [5, 5.41) is 10.7. The monoisotopic (exact) mass is 284 g/mol. The Balaban J connectivity index is 1.77. The molecule has 1 amide bonds. The van der Waals surface area contributed by atoms with E-state index < -0.39 is 0 Å². The highest BCUT2D eigenvalue weighted by Crippen LogP contribution is 2.14. The van der Waals surface area contributed by atoms with Crippen LogP contribution in [0, 0.1) is 6.92 Å². The predicted octanol–water partition coefficient (Wildman–Crippen LogP) is 1.66. The van der Waals surface area contributed by atoms with E-state index in [-0.39, 0.29) is 11.9 Å². The Kier molecular flexibility index (Phi) is 4.01. The first-order valence-corrected chi connectivity index (χ1v) is 7.37. The summed E-state index contributed by atoms with van der Waals surface area (Å²) >= 11 is 0. The van der Waals surface area contributed by atoms with Gasteiger partial charge in [0.15, 0.2) is 0 Å². The van der Waals surface area contributed by atoms with E-state index in [0.29, 0.717) is 5.56 Å². The minimum atomic E-state index is -0.0263. The van der Waals surface area contributed by atoms with Crippen molar-refractivity contribution in [3.63, 3.8) is 0 Å². The number of para-hydroxylation sites is 1. The van der Waals surface area contributed by atoms with Crippen LogP contribution in [0.15, 0.2) is 36.5 Å². The van der Waals surface area contributed by atoms with Crippen molar-refractivity contribution in [2.75, 3.05) is 13.1 Å². The summed E-state index contributed by atoms with van der Waals surface area (Å²) < 4.78 is 1.80. The third kappa shape index (κ3) is 2.97. The number of amides is 1. The van der Waals surface area contributed by atoms with Crippen molar-refractivity contribution in [1.29, 1.82) is 0 Å². The van der Waals surface area contributed by atoms with Gasteiger partial charge in [-0.1, -0.05) is 18.2 Å². The lowest BCUT2D eigenvalue weighted by Crippen LogP contribution is -2.42. The van der Waals surface area contributed by atoms with Crippen LogP contribution in [-0.2, 0) is 0 Å². The van der Waals surface area contributed by atoms with Crippen LogP contribution in [-0.4, -0.2) is 34.8 Å². The number of carbonyl (C=O) groups is 1. The quantitative estimate of drug-likeness (QED) is 0.901. The average Bonchev–Trinajstić information content (AvgIpc) is 2.91. The molecule has 1 aliphatic rings. The molecule has 110 valence electrons. The van der Waals surface area contributed by atoms with Crippen LogP contribution in [0.25, 0.3) is 5.69 Å². The second-order valence-electron chi connectivity index (χ2n) is 5.39. The van der Waals surface area contributed by atoms with Crippen molar-refractivity contribution in [1.82, 2.24) is 20.4 Å². The first kappa shape index (κ1) is 13.8. The number of nitrogens with one attached hydrogen (secondary N) is 2. The number of benzene rings is 1. The molecule has 3 rings (SSSR count). The third-order valence-corrected chi connectivity index (χ3v) is 3.93. The van der Waals surface area contributed by atoms with Gasteiger partial charge in [-0.05, 0) is 45.0 Å². The van der Waals surface area contributed by atoms with E-state index in [9.17, 15) is 4.79 Å². The molecule has 0 aliphatic carbocycles. The normalized spacial score (nSPS) is 15.9. The Labute approximate surface area is 124 Å². The Bertz CT molecular complexity index is 614. The van der Waals surface area contributed by atoms with Crippen molar-refractivity contribution in [3.05, 3.63) is 47.8 Å². The van der Waals surface area contributed by atoms with Gasteiger partial charge in [-0.3, -0.25) is 4.79 Å². The fraction of sp³-hybridized carbons (Fsp3) is 0.375. The highest BCUT2D eigenvalue weighted by atomic mass is 16.1. The Morgan fingerprint density at radius 2 is 2.00 bits per heavy atom. The van der Waals surface area contributed by atoms with Gasteiger partial charge in [-0.15, -0.1) is 0 Å². The van der Waals surface area contributed by atoms with Crippen molar-refractivity contribution < 1.29 is 4.79 Å². The first-order chi connectivity index (χ1) is 10.3. The second kappa shape index (κ2) is 6.10. The number of hydrogen-bond acceptors (Lipinski definition) is 3. The van der Waals surface area contributed by atoms with Gasteiger partial charge >= 0.3 is 0 Å². The number of rotatable bonds is 3. The maximum atomic E-state index is 12.4. The topological polar surface area (TPSA) is 59.0 Å². The Morgan fingerprint density at radius 1 is 1.29 bits per heavy atom. The van der Waals surface area contributed by atoms with Gasteiger partial charge in [-0.25, -0.2) is 4.68 Å². The number of carbonyl (C=O) groups excluding carboxylic acids is 1. The SMILES string of the molecule is Cc1c(C(=O)NC2CCNCC2)cnn1-c1ccccc1. The van der Waals surface area contributed by atoms with Crippen molar-refractivity contribution >= 4 is 5.91 Å². The van der Waals surface area contributed by atoms with Crippen LogP contribution in [0.5, 0.6) is 0 Å². The van der Waals surface area contributed by atoms with Crippen LogP contribution in [0.2, 0.25) is 0 Å². The third-order valence-electron chi connectivity index (χ3n) is 3.93. The van der Waals surface area contributed by atoms with Gasteiger partial charge in [-0.2, -0.15) is 5.10 Å². The van der Waals surface area contributed by atoms with Crippen LogP contribution in [0.3, 0.4) is 0 Å². The summed E-state index contributed by atoms with van der Waals surface area (Å²) in [6, 6.07) is 10.1. The molecule has 1 saturated heterocycles. The van der Waals surface area contributed by atoms with Gasteiger partial charge in [0.1, 0.15) is 0 Å². The zero-order valence-corrected chi connectivity index (χ0v) is 12.2. The number of nitrogens with zero attached hydrogens (tertiary/aromatic N) is 2. The van der Waals surface area contributed by atoms with Crippen LogP contribution < -0.4 is 10.6 Å². The molecule has 0 saturated carbocycles. The Morgan fingerprint density at radius 3 is 2.71 bits per heavy atom. The number of piperidine rings is 1. The van der Waals surface area contributed by atoms with E-state index in [1.165, 1.54) is 0 Å². The number of aromatic nitrogens is 2. The molecule has 5 nitrogen and oxygen atoms in total. The van der Waals surface area contributed by atoms with Gasteiger partial charge in [0.05, 0.1) is 23.1 Å².